The Morgan fingerprint density at radius 3 is 2.30 bits per heavy atom. The SMILES string of the molecule is Cc1c(O[C@@H]2O[C@H](CO)[C@@H](O)[C@H](O)[C@H]2O)cc2c(c1O)C(=O)[C@H](O)[C@@H](c1ccc(O)cc1)O2. The Kier molecular flexibility index (Phi) is 6.18. The van der Waals surface area contributed by atoms with Crippen molar-refractivity contribution in [1.29, 1.82) is 0 Å². The first-order valence-corrected chi connectivity index (χ1v) is 10.2. The number of carbonyl (C=O) groups excluding carboxylic acids is 1. The summed E-state index contributed by atoms with van der Waals surface area (Å²) >= 11 is 0. The first kappa shape index (κ1) is 23.2. The van der Waals surface area contributed by atoms with E-state index in [-0.39, 0.29) is 28.4 Å². The number of fused-ring (bicyclic) bond motifs is 1. The molecule has 0 unspecified atom stereocenters. The number of phenolic OH excluding ortho intramolecular Hbond substituents is 2. The lowest BCUT2D eigenvalue weighted by Gasteiger charge is -2.40. The third-order valence-corrected chi connectivity index (χ3v) is 5.84. The molecule has 0 saturated carbocycles. The monoisotopic (exact) mass is 464 g/mol. The van der Waals surface area contributed by atoms with Crippen LogP contribution < -0.4 is 9.47 Å². The number of phenols is 2. The summed E-state index contributed by atoms with van der Waals surface area (Å²) in [5.41, 5.74) is 0.213. The zero-order valence-corrected chi connectivity index (χ0v) is 17.4. The van der Waals surface area contributed by atoms with Gasteiger partial charge in [0.05, 0.1) is 6.61 Å². The minimum Gasteiger partial charge on any atom is -0.508 e. The highest BCUT2D eigenvalue weighted by atomic mass is 16.7. The quantitative estimate of drug-likeness (QED) is 0.302. The lowest BCUT2D eigenvalue weighted by Crippen LogP contribution is -2.60. The van der Waals surface area contributed by atoms with Crippen LogP contribution in [0.3, 0.4) is 0 Å². The molecule has 2 aromatic rings. The van der Waals surface area contributed by atoms with Crippen molar-refractivity contribution in [2.75, 3.05) is 6.61 Å². The molecule has 0 radical (unpaired) electrons. The van der Waals surface area contributed by atoms with Gasteiger partial charge in [-0.05, 0) is 24.6 Å². The molecule has 0 aliphatic carbocycles. The van der Waals surface area contributed by atoms with Crippen molar-refractivity contribution in [2.45, 2.75) is 49.8 Å². The largest absolute Gasteiger partial charge is 0.508 e. The van der Waals surface area contributed by atoms with E-state index in [4.69, 9.17) is 14.2 Å². The molecule has 0 spiro atoms. The number of hydrogen-bond donors (Lipinski definition) is 7. The highest BCUT2D eigenvalue weighted by Gasteiger charge is 2.45. The highest BCUT2D eigenvalue weighted by Crippen LogP contribution is 2.45. The molecule has 2 aliphatic rings. The topological polar surface area (TPSA) is 186 Å². The summed E-state index contributed by atoms with van der Waals surface area (Å²) in [6, 6.07) is 6.95. The molecule has 4 rings (SSSR count). The smallest absolute Gasteiger partial charge is 0.229 e. The van der Waals surface area contributed by atoms with Gasteiger partial charge in [0.1, 0.15) is 53.0 Å². The van der Waals surface area contributed by atoms with E-state index in [1.54, 1.807) is 0 Å². The van der Waals surface area contributed by atoms with Gasteiger partial charge in [0.15, 0.2) is 12.2 Å². The van der Waals surface area contributed by atoms with E-state index < -0.39 is 61.1 Å². The van der Waals surface area contributed by atoms with Crippen molar-refractivity contribution in [3.8, 4) is 23.0 Å². The number of aliphatic hydroxyl groups excluding tert-OH is 5. The summed E-state index contributed by atoms with van der Waals surface area (Å²) in [6.45, 7) is 0.768. The van der Waals surface area contributed by atoms with Gasteiger partial charge in [-0.3, -0.25) is 4.79 Å². The molecule has 2 heterocycles. The predicted octanol–water partition coefficient (Wildman–Crippen LogP) is -0.738. The van der Waals surface area contributed by atoms with E-state index >= 15 is 0 Å². The molecule has 7 atom stereocenters. The minimum absolute atomic E-state index is 0.0146. The van der Waals surface area contributed by atoms with E-state index in [2.05, 4.69) is 0 Å². The Hall–Kier alpha value is -2.93. The molecule has 0 amide bonds. The molecule has 0 bridgehead atoms. The van der Waals surface area contributed by atoms with E-state index in [0.29, 0.717) is 5.56 Å². The van der Waals surface area contributed by atoms with E-state index in [1.807, 2.05) is 0 Å². The molecule has 33 heavy (non-hydrogen) atoms. The Bertz CT molecular complexity index is 1040. The van der Waals surface area contributed by atoms with Crippen LogP contribution in [0.15, 0.2) is 30.3 Å². The molecule has 7 N–H and O–H groups in total. The van der Waals surface area contributed by atoms with Gasteiger partial charge in [-0.25, -0.2) is 0 Å². The zero-order valence-electron chi connectivity index (χ0n) is 17.4. The molecule has 2 aromatic carbocycles. The molecule has 1 saturated heterocycles. The fourth-order valence-electron chi connectivity index (χ4n) is 3.86. The number of ketones is 1. The first-order valence-electron chi connectivity index (χ1n) is 10.2. The Labute approximate surface area is 187 Å². The van der Waals surface area contributed by atoms with Gasteiger partial charge >= 0.3 is 0 Å². The van der Waals surface area contributed by atoms with Crippen LogP contribution in [-0.4, -0.2) is 84.9 Å². The van der Waals surface area contributed by atoms with E-state index in [9.17, 15) is 40.5 Å². The standard InChI is InChI=1S/C22H24O11/c1-8-11(32-22-20(30)18(28)16(26)13(7-23)33-22)6-12-14(15(8)25)17(27)19(29)21(31-12)9-2-4-10(24)5-3-9/h2-6,13,16,18-26,28-30H,7H2,1H3/t13-,16-,18+,19+,20-,21-,22-/m1/s1. The Balaban J connectivity index is 1.68. The summed E-state index contributed by atoms with van der Waals surface area (Å²) in [5, 5.41) is 70.1. The number of Topliss-reactive ketones (excluding diaryl/α,β-unsaturated/α-hetero) is 1. The molecule has 178 valence electrons. The Morgan fingerprint density at radius 2 is 1.67 bits per heavy atom. The van der Waals surface area contributed by atoms with E-state index in [1.165, 1.54) is 37.3 Å². The second-order valence-corrected chi connectivity index (χ2v) is 7.98. The van der Waals surface area contributed by atoms with Gasteiger partial charge in [0.2, 0.25) is 12.1 Å². The number of carbonyl (C=O) groups is 1. The van der Waals surface area contributed by atoms with Gasteiger partial charge < -0.3 is 50.0 Å². The number of ether oxygens (including phenoxy) is 3. The number of benzene rings is 2. The Morgan fingerprint density at radius 1 is 1.00 bits per heavy atom. The summed E-state index contributed by atoms with van der Waals surface area (Å²) in [7, 11) is 0. The third-order valence-electron chi connectivity index (χ3n) is 5.84. The normalized spacial score (nSPS) is 31.6. The first-order chi connectivity index (χ1) is 15.6. The second kappa shape index (κ2) is 8.78. The van der Waals surface area contributed by atoms with Crippen LogP contribution in [0.5, 0.6) is 23.0 Å². The molecule has 2 aliphatic heterocycles. The van der Waals surface area contributed by atoms with Crippen LogP contribution >= 0.6 is 0 Å². The highest BCUT2D eigenvalue weighted by molar-refractivity contribution is 6.06. The van der Waals surface area contributed by atoms with Crippen molar-refractivity contribution in [3.63, 3.8) is 0 Å². The maximum absolute atomic E-state index is 12.8. The second-order valence-electron chi connectivity index (χ2n) is 7.98. The average Bonchev–Trinajstić information content (AvgIpc) is 2.80. The number of hydrogen-bond acceptors (Lipinski definition) is 11. The van der Waals surface area contributed by atoms with Crippen LogP contribution in [0.4, 0.5) is 0 Å². The van der Waals surface area contributed by atoms with Gasteiger partial charge in [0.25, 0.3) is 0 Å². The molecular weight excluding hydrogens is 440 g/mol. The van der Waals surface area contributed by atoms with Crippen molar-refractivity contribution in [1.82, 2.24) is 0 Å². The van der Waals surface area contributed by atoms with E-state index in [0.717, 1.165) is 0 Å². The van der Waals surface area contributed by atoms with Crippen LogP contribution in [0.1, 0.15) is 27.6 Å². The zero-order chi connectivity index (χ0) is 24.0. The summed E-state index contributed by atoms with van der Waals surface area (Å²) in [4.78, 5) is 12.8. The van der Waals surface area contributed by atoms with Gasteiger partial charge in [-0.15, -0.1) is 0 Å². The number of aliphatic hydroxyl groups is 5. The summed E-state index contributed by atoms with van der Waals surface area (Å²) < 4.78 is 16.7. The van der Waals surface area contributed by atoms with Gasteiger partial charge in [-0.2, -0.15) is 0 Å². The van der Waals surface area contributed by atoms with Crippen LogP contribution in [0, 0.1) is 6.92 Å². The number of aromatic hydroxyl groups is 2. The fourth-order valence-corrected chi connectivity index (χ4v) is 3.86. The minimum atomic E-state index is -1.69. The summed E-state index contributed by atoms with van der Waals surface area (Å²) in [6.07, 6.45) is -10.4. The van der Waals surface area contributed by atoms with Crippen molar-refractivity contribution in [3.05, 3.63) is 47.0 Å². The predicted molar refractivity (Wildman–Crippen MR) is 109 cm³/mol. The average molecular weight is 464 g/mol. The number of rotatable bonds is 4. The molecule has 1 fully saturated rings. The molecule has 11 heteroatoms. The van der Waals surface area contributed by atoms with Crippen molar-refractivity contribution >= 4 is 5.78 Å². The lowest BCUT2D eigenvalue weighted by atomic mass is 9.91. The van der Waals surface area contributed by atoms with Crippen LogP contribution in [0.25, 0.3) is 0 Å². The van der Waals surface area contributed by atoms with Crippen LogP contribution in [0.2, 0.25) is 0 Å². The van der Waals surface area contributed by atoms with Crippen molar-refractivity contribution < 1.29 is 54.8 Å². The van der Waals surface area contributed by atoms with Crippen LogP contribution in [-0.2, 0) is 4.74 Å². The summed E-state index contributed by atoms with van der Waals surface area (Å²) in [5.74, 6) is -1.48. The van der Waals surface area contributed by atoms with Gasteiger partial charge in [0, 0.05) is 11.6 Å². The molecular formula is C22H24O11. The van der Waals surface area contributed by atoms with Crippen molar-refractivity contribution in [2.24, 2.45) is 0 Å². The lowest BCUT2D eigenvalue weighted by molar-refractivity contribution is -0.277. The maximum atomic E-state index is 12.8. The molecule has 0 aromatic heterocycles. The van der Waals surface area contributed by atoms with Gasteiger partial charge in [-0.1, -0.05) is 12.1 Å². The maximum Gasteiger partial charge on any atom is 0.229 e. The third kappa shape index (κ3) is 3.99. The fraction of sp³-hybridized carbons (Fsp3) is 0.409. The molecule has 11 nitrogen and oxygen atoms in total.